The highest BCUT2D eigenvalue weighted by atomic mass is 35.5. The average molecular weight is 367 g/mol. The Morgan fingerprint density at radius 1 is 1.44 bits per heavy atom. The number of amides is 1. The topological polar surface area (TPSA) is 89.3 Å². The first-order chi connectivity index (χ1) is 11.6. The van der Waals surface area contributed by atoms with Crippen LogP contribution in [-0.4, -0.2) is 29.1 Å². The summed E-state index contributed by atoms with van der Waals surface area (Å²) in [5.74, 6) is 1.98. The van der Waals surface area contributed by atoms with Gasteiger partial charge in [0, 0.05) is 30.1 Å². The summed E-state index contributed by atoms with van der Waals surface area (Å²) < 4.78 is 10.9. The van der Waals surface area contributed by atoms with E-state index in [1.165, 1.54) is 0 Å². The molecule has 1 aliphatic rings. The Balaban J connectivity index is 0.00000225. The van der Waals surface area contributed by atoms with Gasteiger partial charge in [-0.3, -0.25) is 4.79 Å². The third-order valence-electron chi connectivity index (χ3n) is 3.90. The van der Waals surface area contributed by atoms with Crippen molar-refractivity contribution in [2.24, 2.45) is 5.92 Å². The van der Waals surface area contributed by atoms with E-state index in [0.717, 1.165) is 18.5 Å². The van der Waals surface area contributed by atoms with Crippen LogP contribution in [0, 0.1) is 5.92 Å². The summed E-state index contributed by atoms with van der Waals surface area (Å²) in [6.45, 7) is 2.24. The summed E-state index contributed by atoms with van der Waals surface area (Å²) in [5.41, 5.74) is 0.735. The quantitative estimate of drug-likeness (QED) is 0.746. The molecule has 1 aliphatic carbocycles. The van der Waals surface area contributed by atoms with Crippen molar-refractivity contribution in [3.8, 4) is 5.75 Å². The van der Waals surface area contributed by atoms with Crippen molar-refractivity contribution in [3.63, 3.8) is 0 Å². The van der Waals surface area contributed by atoms with Crippen LogP contribution in [0.25, 0.3) is 0 Å². The van der Waals surface area contributed by atoms with E-state index in [4.69, 9.17) is 9.26 Å². The first-order valence-corrected chi connectivity index (χ1v) is 8.16. The zero-order valence-electron chi connectivity index (χ0n) is 14.3. The van der Waals surface area contributed by atoms with Crippen LogP contribution < -0.4 is 15.4 Å². The van der Waals surface area contributed by atoms with Crippen molar-refractivity contribution in [2.45, 2.75) is 38.8 Å². The Hall–Kier alpha value is -2.12. The molecule has 1 saturated carbocycles. The van der Waals surface area contributed by atoms with Gasteiger partial charge in [0.2, 0.25) is 5.91 Å². The van der Waals surface area contributed by atoms with Crippen molar-refractivity contribution in [2.75, 3.05) is 12.4 Å². The fourth-order valence-electron chi connectivity index (χ4n) is 2.21. The maximum absolute atomic E-state index is 11.8. The molecule has 1 atom stereocenters. The van der Waals surface area contributed by atoms with Gasteiger partial charge in [0.05, 0.1) is 0 Å². The SMILES string of the molecule is CNC(C)Cc1noc(COc2cccc(NC(=O)C3CC3)c2)n1.Cl. The molecule has 8 heteroatoms. The van der Waals surface area contributed by atoms with E-state index in [-0.39, 0.29) is 36.9 Å². The number of nitrogens with zero attached hydrogens (tertiary/aromatic N) is 2. The fourth-order valence-corrected chi connectivity index (χ4v) is 2.21. The summed E-state index contributed by atoms with van der Waals surface area (Å²) in [4.78, 5) is 16.1. The molecule has 1 aromatic heterocycles. The maximum atomic E-state index is 11.8. The molecule has 1 unspecified atom stereocenters. The van der Waals surface area contributed by atoms with Crippen LogP contribution in [0.15, 0.2) is 28.8 Å². The Morgan fingerprint density at radius 2 is 2.24 bits per heavy atom. The van der Waals surface area contributed by atoms with Crippen molar-refractivity contribution >= 4 is 24.0 Å². The van der Waals surface area contributed by atoms with E-state index in [1.54, 1.807) is 6.07 Å². The van der Waals surface area contributed by atoms with Gasteiger partial charge in [0.25, 0.3) is 5.89 Å². The van der Waals surface area contributed by atoms with E-state index < -0.39 is 0 Å². The number of benzene rings is 1. The first kappa shape index (κ1) is 19.2. The van der Waals surface area contributed by atoms with Crippen LogP contribution in [0.3, 0.4) is 0 Å². The minimum atomic E-state index is 0. The normalized spacial score (nSPS) is 14.5. The molecule has 0 spiro atoms. The van der Waals surface area contributed by atoms with E-state index in [0.29, 0.717) is 23.9 Å². The molecule has 136 valence electrons. The molecular formula is C17H23ClN4O3. The number of likely N-dealkylation sites (N-methyl/N-ethyl adjacent to an activating group) is 1. The molecule has 2 N–H and O–H groups in total. The first-order valence-electron chi connectivity index (χ1n) is 8.16. The number of hydrogen-bond donors (Lipinski definition) is 2. The predicted octanol–water partition coefficient (Wildman–Crippen LogP) is 2.57. The number of aromatic nitrogens is 2. The maximum Gasteiger partial charge on any atom is 0.264 e. The molecule has 1 amide bonds. The van der Waals surface area contributed by atoms with Crippen molar-refractivity contribution < 1.29 is 14.1 Å². The molecule has 1 fully saturated rings. The van der Waals surface area contributed by atoms with Crippen LogP contribution in [0.4, 0.5) is 5.69 Å². The number of hydrogen-bond acceptors (Lipinski definition) is 6. The monoisotopic (exact) mass is 366 g/mol. The highest BCUT2D eigenvalue weighted by molar-refractivity contribution is 5.94. The fraction of sp³-hybridized carbons (Fsp3) is 0.471. The number of carbonyl (C=O) groups is 1. The van der Waals surface area contributed by atoms with Crippen molar-refractivity contribution in [3.05, 3.63) is 36.0 Å². The second-order valence-electron chi connectivity index (χ2n) is 6.08. The molecule has 0 saturated heterocycles. The van der Waals surface area contributed by atoms with Crippen LogP contribution in [0.2, 0.25) is 0 Å². The van der Waals surface area contributed by atoms with E-state index >= 15 is 0 Å². The van der Waals surface area contributed by atoms with Crippen LogP contribution in [-0.2, 0) is 17.8 Å². The molecule has 25 heavy (non-hydrogen) atoms. The third-order valence-corrected chi connectivity index (χ3v) is 3.90. The Bertz CT molecular complexity index is 703. The molecule has 0 aliphatic heterocycles. The molecule has 0 bridgehead atoms. The standard InChI is InChI=1S/C17H22N4O3.ClH/c1-11(18-2)8-15-20-16(24-21-15)10-23-14-5-3-4-13(9-14)19-17(22)12-6-7-12;/h3-5,9,11-12,18H,6-8,10H2,1-2H3,(H,19,22);1H. The Kier molecular flexibility index (Phi) is 6.78. The van der Waals surface area contributed by atoms with Gasteiger partial charge in [-0.2, -0.15) is 4.98 Å². The summed E-state index contributed by atoms with van der Waals surface area (Å²) in [6.07, 6.45) is 2.66. The van der Waals surface area contributed by atoms with E-state index in [1.807, 2.05) is 32.2 Å². The summed E-state index contributed by atoms with van der Waals surface area (Å²) in [5, 5.41) is 9.96. The van der Waals surface area contributed by atoms with Gasteiger partial charge in [-0.15, -0.1) is 12.4 Å². The van der Waals surface area contributed by atoms with Gasteiger partial charge >= 0.3 is 0 Å². The lowest BCUT2D eigenvalue weighted by Crippen LogP contribution is -2.24. The number of anilines is 1. The molecular weight excluding hydrogens is 344 g/mol. The third kappa shape index (κ3) is 5.72. The zero-order valence-corrected chi connectivity index (χ0v) is 15.1. The number of nitrogens with one attached hydrogen (secondary N) is 2. The average Bonchev–Trinajstić information content (AvgIpc) is 3.34. The highest BCUT2D eigenvalue weighted by Gasteiger charge is 2.29. The predicted molar refractivity (Wildman–Crippen MR) is 95.9 cm³/mol. The van der Waals surface area contributed by atoms with Crippen LogP contribution in [0.1, 0.15) is 31.5 Å². The summed E-state index contributed by atoms with van der Waals surface area (Å²) in [6, 6.07) is 7.58. The molecule has 1 heterocycles. The second kappa shape index (κ2) is 8.82. The summed E-state index contributed by atoms with van der Waals surface area (Å²) in [7, 11) is 1.89. The lowest BCUT2D eigenvalue weighted by atomic mass is 10.2. The molecule has 3 rings (SSSR count). The highest BCUT2D eigenvalue weighted by Crippen LogP contribution is 2.30. The van der Waals surface area contributed by atoms with Crippen molar-refractivity contribution in [1.29, 1.82) is 0 Å². The Labute approximate surface area is 152 Å². The number of halogens is 1. The van der Waals surface area contributed by atoms with Gasteiger partial charge in [-0.05, 0) is 38.9 Å². The smallest absolute Gasteiger partial charge is 0.264 e. The lowest BCUT2D eigenvalue weighted by molar-refractivity contribution is -0.117. The summed E-state index contributed by atoms with van der Waals surface area (Å²) >= 11 is 0. The van der Waals surface area contributed by atoms with Crippen LogP contribution in [0.5, 0.6) is 5.75 Å². The molecule has 2 aromatic rings. The van der Waals surface area contributed by atoms with Gasteiger partial charge in [0.15, 0.2) is 12.4 Å². The van der Waals surface area contributed by atoms with Gasteiger partial charge in [-0.25, -0.2) is 0 Å². The Morgan fingerprint density at radius 3 is 2.96 bits per heavy atom. The zero-order chi connectivity index (χ0) is 16.9. The van der Waals surface area contributed by atoms with E-state index in [2.05, 4.69) is 20.8 Å². The molecule has 7 nitrogen and oxygen atoms in total. The van der Waals surface area contributed by atoms with Crippen molar-refractivity contribution in [1.82, 2.24) is 15.5 Å². The lowest BCUT2D eigenvalue weighted by Gasteiger charge is -2.07. The van der Waals surface area contributed by atoms with E-state index in [9.17, 15) is 4.79 Å². The molecule has 1 aromatic carbocycles. The number of carbonyl (C=O) groups excluding carboxylic acids is 1. The van der Waals surface area contributed by atoms with Gasteiger partial charge in [0.1, 0.15) is 5.75 Å². The number of rotatable bonds is 8. The number of ether oxygens (including phenoxy) is 1. The second-order valence-corrected chi connectivity index (χ2v) is 6.08. The molecule has 0 radical (unpaired) electrons. The minimum Gasteiger partial charge on any atom is -0.484 e. The minimum absolute atomic E-state index is 0. The van der Waals surface area contributed by atoms with Gasteiger partial charge < -0.3 is 19.9 Å². The van der Waals surface area contributed by atoms with Gasteiger partial charge in [-0.1, -0.05) is 11.2 Å². The largest absolute Gasteiger partial charge is 0.484 e. The van der Waals surface area contributed by atoms with Crippen LogP contribution >= 0.6 is 12.4 Å².